The minimum Gasteiger partial charge on any atom is -0.478 e. The largest absolute Gasteiger partial charge is 0.478 e. The molecular formula is C27H33NO4S. The van der Waals surface area contributed by atoms with Gasteiger partial charge in [-0.2, -0.15) is 0 Å². The van der Waals surface area contributed by atoms with Crippen molar-refractivity contribution in [1.29, 1.82) is 0 Å². The number of nitrogens with one attached hydrogen (secondary N) is 1. The Labute approximate surface area is 197 Å². The molecule has 0 radical (unpaired) electrons. The highest BCUT2D eigenvalue weighted by Crippen LogP contribution is 2.44. The summed E-state index contributed by atoms with van der Waals surface area (Å²) in [6.07, 6.45) is 1.75. The molecule has 2 unspecified atom stereocenters. The van der Waals surface area contributed by atoms with Gasteiger partial charge in [-0.15, -0.1) is 0 Å². The molecule has 6 heteroatoms. The van der Waals surface area contributed by atoms with Gasteiger partial charge in [0.1, 0.15) is 0 Å². The summed E-state index contributed by atoms with van der Waals surface area (Å²) < 4.78 is 30.0. The Morgan fingerprint density at radius 3 is 2.21 bits per heavy atom. The van der Waals surface area contributed by atoms with Crippen molar-refractivity contribution >= 4 is 16.0 Å². The zero-order chi connectivity index (χ0) is 24.4. The maximum absolute atomic E-state index is 13.4. The lowest BCUT2D eigenvalue weighted by atomic mass is 9.66. The molecule has 0 amide bonds. The first-order chi connectivity index (χ1) is 15.5. The Morgan fingerprint density at radius 1 is 0.970 bits per heavy atom. The number of carboxylic acid groups (broad SMARTS) is 1. The van der Waals surface area contributed by atoms with E-state index in [1.165, 1.54) is 11.1 Å². The minimum atomic E-state index is -3.77. The van der Waals surface area contributed by atoms with Crippen LogP contribution >= 0.6 is 0 Å². The number of carboxylic acids is 1. The fourth-order valence-electron chi connectivity index (χ4n) is 4.95. The van der Waals surface area contributed by atoms with Gasteiger partial charge in [-0.1, -0.05) is 48.9 Å². The van der Waals surface area contributed by atoms with E-state index in [9.17, 15) is 18.3 Å². The molecule has 3 rings (SSSR count). The molecule has 33 heavy (non-hydrogen) atoms. The van der Waals surface area contributed by atoms with Gasteiger partial charge < -0.3 is 5.11 Å². The van der Waals surface area contributed by atoms with Crippen LogP contribution in [0.3, 0.4) is 0 Å². The summed E-state index contributed by atoms with van der Waals surface area (Å²) in [5, 5.41) is 9.52. The summed E-state index contributed by atoms with van der Waals surface area (Å²) in [5.41, 5.74) is 4.75. The van der Waals surface area contributed by atoms with Crippen LogP contribution in [0.4, 0.5) is 0 Å². The zero-order valence-electron chi connectivity index (χ0n) is 20.0. The van der Waals surface area contributed by atoms with Crippen LogP contribution < -0.4 is 4.72 Å². The van der Waals surface area contributed by atoms with Gasteiger partial charge in [-0.25, -0.2) is 17.9 Å². The van der Waals surface area contributed by atoms with Crippen molar-refractivity contribution in [3.05, 3.63) is 88.0 Å². The Kier molecular flexibility index (Phi) is 7.29. The molecule has 2 aromatic rings. The smallest absolute Gasteiger partial charge is 0.335 e. The van der Waals surface area contributed by atoms with Crippen molar-refractivity contribution in [1.82, 2.24) is 4.72 Å². The highest BCUT2D eigenvalue weighted by atomic mass is 32.2. The molecular weight excluding hydrogens is 434 g/mol. The molecule has 1 aliphatic rings. The van der Waals surface area contributed by atoms with Gasteiger partial charge in [-0.05, 0) is 87.4 Å². The molecule has 0 saturated heterocycles. The number of allylic oxidation sites excluding steroid dienone is 2. The lowest BCUT2D eigenvalue weighted by Crippen LogP contribution is -2.55. The molecule has 2 N–H and O–H groups in total. The molecule has 2 aromatic carbocycles. The monoisotopic (exact) mass is 467 g/mol. The van der Waals surface area contributed by atoms with Crippen molar-refractivity contribution in [3.63, 3.8) is 0 Å². The van der Waals surface area contributed by atoms with E-state index in [4.69, 9.17) is 0 Å². The molecule has 0 aromatic heterocycles. The zero-order valence-corrected chi connectivity index (χ0v) is 20.8. The Morgan fingerprint density at radius 2 is 1.58 bits per heavy atom. The third-order valence-electron chi connectivity index (χ3n) is 7.41. The summed E-state index contributed by atoms with van der Waals surface area (Å²) in [6, 6.07) is 15.4. The van der Waals surface area contributed by atoms with Gasteiger partial charge >= 0.3 is 5.97 Å². The summed E-state index contributed by atoms with van der Waals surface area (Å²) in [5.74, 6) is -0.994. The van der Waals surface area contributed by atoms with E-state index in [0.717, 1.165) is 16.7 Å². The molecule has 0 spiro atoms. The van der Waals surface area contributed by atoms with Gasteiger partial charge in [0.25, 0.3) is 0 Å². The van der Waals surface area contributed by atoms with E-state index in [-0.39, 0.29) is 10.8 Å². The van der Waals surface area contributed by atoms with Crippen LogP contribution in [0.25, 0.3) is 0 Å². The lowest BCUT2D eigenvalue weighted by Gasteiger charge is -2.46. The first kappa shape index (κ1) is 24.9. The van der Waals surface area contributed by atoms with Crippen LogP contribution in [-0.2, 0) is 16.4 Å². The highest BCUT2D eigenvalue weighted by Gasteiger charge is 2.45. The quantitative estimate of drug-likeness (QED) is 0.518. The first-order valence-corrected chi connectivity index (χ1v) is 12.8. The third kappa shape index (κ3) is 4.82. The first-order valence-electron chi connectivity index (χ1n) is 11.3. The third-order valence-corrected chi connectivity index (χ3v) is 8.94. The Hall–Kier alpha value is -2.70. The van der Waals surface area contributed by atoms with Crippen molar-refractivity contribution in [2.24, 2.45) is 5.92 Å². The highest BCUT2D eigenvalue weighted by molar-refractivity contribution is 7.89. The molecule has 0 heterocycles. The van der Waals surface area contributed by atoms with E-state index < -0.39 is 21.5 Å². The number of benzene rings is 2. The lowest BCUT2D eigenvalue weighted by molar-refractivity contribution is 0.0695. The molecule has 0 saturated carbocycles. The molecule has 0 bridgehead atoms. The predicted octanol–water partition coefficient (Wildman–Crippen LogP) is 5.75. The van der Waals surface area contributed by atoms with E-state index in [0.29, 0.717) is 24.8 Å². The summed E-state index contributed by atoms with van der Waals surface area (Å²) in [6.45, 7) is 10.3. The standard InChI is InChI=1S/C27H33NO4S/c1-18-19(2)21(4)27(22(5)20(18)3,28-33(31,32)24-14-7-6-8-15-24)17-11-13-23-12-9-10-16-25(23)26(29)30/h6-10,12,14-16,21,28H,11,13,17H2,1-5H3,(H,29,30). The second-order valence-electron chi connectivity index (χ2n) is 8.99. The van der Waals surface area contributed by atoms with Crippen molar-refractivity contribution in [3.8, 4) is 0 Å². The summed E-state index contributed by atoms with van der Waals surface area (Å²) in [4.78, 5) is 11.9. The second-order valence-corrected chi connectivity index (χ2v) is 10.7. The average Bonchev–Trinajstić information content (AvgIpc) is 2.80. The number of rotatable bonds is 8. The van der Waals surface area contributed by atoms with Crippen LogP contribution in [-0.4, -0.2) is 25.0 Å². The fourth-order valence-corrected chi connectivity index (χ4v) is 6.50. The summed E-state index contributed by atoms with van der Waals surface area (Å²) >= 11 is 0. The normalized spacial score (nSPS) is 21.4. The molecule has 5 nitrogen and oxygen atoms in total. The average molecular weight is 468 g/mol. The Balaban J connectivity index is 2.00. The van der Waals surface area contributed by atoms with E-state index >= 15 is 0 Å². The number of sulfonamides is 1. The SMILES string of the molecule is CC1=C(C)C(C)C(CCCc2ccccc2C(=O)O)(NS(=O)(=O)c2ccccc2)C(C)=C1C. The van der Waals surface area contributed by atoms with Crippen molar-refractivity contribution < 1.29 is 18.3 Å². The van der Waals surface area contributed by atoms with Crippen molar-refractivity contribution in [2.75, 3.05) is 0 Å². The number of aromatic carboxylic acids is 1. The molecule has 1 aliphatic carbocycles. The maximum Gasteiger partial charge on any atom is 0.335 e. The van der Waals surface area contributed by atoms with Gasteiger partial charge in [0, 0.05) is 5.92 Å². The molecule has 2 atom stereocenters. The second kappa shape index (κ2) is 9.65. The molecule has 0 aliphatic heterocycles. The van der Waals surface area contributed by atoms with E-state index in [1.54, 1.807) is 42.5 Å². The van der Waals surface area contributed by atoms with Crippen LogP contribution in [0.2, 0.25) is 0 Å². The van der Waals surface area contributed by atoms with Gasteiger partial charge in [-0.3, -0.25) is 0 Å². The topological polar surface area (TPSA) is 83.5 Å². The number of aryl methyl sites for hydroxylation is 1. The molecule has 176 valence electrons. The summed E-state index contributed by atoms with van der Waals surface area (Å²) in [7, 11) is -3.77. The predicted molar refractivity (Wildman–Crippen MR) is 132 cm³/mol. The van der Waals surface area contributed by atoms with E-state index in [1.807, 2.05) is 26.0 Å². The van der Waals surface area contributed by atoms with Gasteiger partial charge in [0.05, 0.1) is 16.0 Å². The number of carbonyl (C=O) groups is 1. The maximum atomic E-state index is 13.4. The van der Waals surface area contributed by atoms with Crippen LogP contribution in [0.1, 0.15) is 63.4 Å². The van der Waals surface area contributed by atoms with Crippen LogP contribution in [0.15, 0.2) is 81.8 Å². The van der Waals surface area contributed by atoms with Crippen LogP contribution in [0.5, 0.6) is 0 Å². The molecule has 0 fully saturated rings. The number of hydrogen-bond acceptors (Lipinski definition) is 3. The van der Waals surface area contributed by atoms with Crippen LogP contribution in [0, 0.1) is 5.92 Å². The van der Waals surface area contributed by atoms with Crippen molar-refractivity contribution in [2.45, 2.75) is 64.3 Å². The number of hydrogen-bond donors (Lipinski definition) is 2. The Bertz CT molecular complexity index is 1210. The van der Waals surface area contributed by atoms with Gasteiger partial charge in [0.15, 0.2) is 0 Å². The van der Waals surface area contributed by atoms with Gasteiger partial charge in [0.2, 0.25) is 10.0 Å². The fraction of sp³-hybridized carbons (Fsp3) is 0.370. The minimum absolute atomic E-state index is 0.0468. The van der Waals surface area contributed by atoms with E-state index in [2.05, 4.69) is 25.5 Å².